The molecule has 1 rings (SSSR count). The summed E-state index contributed by atoms with van der Waals surface area (Å²) in [7, 11) is 0. The standard InChI is InChI=1S/C11H15BrN2O5/c1-11(5-15,6-16)14-9(17)4-13-10(18)7-2-3-8(12)19-7/h2-3,15-16H,4-6H2,1H3,(H,13,18)(H,14,17). The Kier molecular flexibility index (Phi) is 5.52. The number of hydrogen-bond donors (Lipinski definition) is 4. The number of nitrogens with one attached hydrogen (secondary N) is 2. The van der Waals surface area contributed by atoms with Crippen LogP contribution in [0.4, 0.5) is 0 Å². The third-order valence-corrected chi connectivity index (χ3v) is 2.77. The second-order valence-corrected chi connectivity index (χ2v) is 4.99. The Balaban J connectivity index is 2.44. The van der Waals surface area contributed by atoms with E-state index in [-0.39, 0.29) is 12.3 Å². The Hall–Kier alpha value is -1.38. The minimum absolute atomic E-state index is 0.0757. The van der Waals surface area contributed by atoms with Crippen molar-refractivity contribution in [3.8, 4) is 0 Å². The highest BCUT2D eigenvalue weighted by Gasteiger charge is 2.24. The largest absolute Gasteiger partial charge is 0.444 e. The zero-order valence-corrected chi connectivity index (χ0v) is 11.9. The van der Waals surface area contributed by atoms with E-state index in [2.05, 4.69) is 26.6 Å². The van der Waals surface area contributed by atoms with Gasteiger partial charge in [0.2, 0.25) is 5.91 Å². The first-order chi connectivity index (χ1) is 8.90. The van der Waals surface area contributed by atoms with Crippen LogP contribution < -0.4 is 10.6 Å². The van der Waals surface area contributed by atoms with E-state index in [9.17, 15) is 9.59 Å². The van der Waals surface area contributed by atoms with Crippen molar-refractivity contribution in [2.75, 3.05) is 19.8 Å². The fraction of sp³-hybridized carbons (Fsp3) is 0.455. The molecule has 0 fully saturated rings. The van der Waals surface area contributed by atoms with Gasteiger partial charge in [-0.1, -0.05) is 0 Å². The van der Waals surface area contributed by atoms with Crippen molar-refractivity contribution in [3.63, 3.8) is 0 Å². The maximum atomic E-state index is 11.6. The zero-order chi connectivity index (χ0) is 14.5. The monoisotopic (exact) mass is 334 g/mol. The lowest BCUT2D eigenvalue weighted by molar-refractivity contribution is -0.123. The molecule has 0 unspecified atom stereocenters. The molecule has 0 aliphatic rings. The van der Waals surface area contributed by atoms with Crippen LogP contribution >= 0.6 is 15.9 Å². The predicted molar refractivity (Wildman–Crippen MR) is 69.5 cm³/mol. The summed E-state index contributed by atoms with van der Waals surface area (Å²) in [5, 5.41) is 22.8. The van der Waals surface area contributed by atoms with Gasteiger partial charge in [-0.05, 0) is 35.0 Å². The molecular formula is C11H15BrN2O5. The van der Waals surface area contributed by atoms with E-state index in [0.717, 1.165) is 0 Å². The van der Waals surface area contributed by atoms with E-state index in [4.69, 9.17) is 14.6 Å². The maximum absolute atomic E-state index is 11.6. The lowest BCUT2D eigenvalue weighted by Gasteiger charge is -2.26. The number of aliphatic hydroxyl groups is 2. The average molecular weight is 335 g/mol. The van der Waals surface area contributed by atoms with E-state index in [1.807, 2.05) is 0 Å². The number of carbonyl (C=O) groups excluding carboxylic acids is 2. The summed E-state index contributed by atoms with van der Waals surface area (Å²) in [6.45, 7) is 0.381. The summed E-state index contributed by atoms with van der Waals surface area (Å²) in [5.74, 6) is -0.980. The molecule has 4 N–H and O–H groups in total. The first-order valence-corrected chi connectivity index (χ1v) is 6.26. The smallest absolute Gasteiger partial charge is 0.287 e. The fourth-order valence-corrected chi connectivity index (χ4v) is 1.50. The molecule has 1 aromatic heterocycles. The molecule has 106 valence electrons. The number of furan rings is 1. The molecule has 0 radical (unpaired) electrons. The van der Waals surface area contributed by atoms with Crippen LogP contribution in [0.2, 0.25) is 0 Å². The Morgan fingerprint density at radius 3 is 2.47 bits per heavy atom. The van der Waals surface area contributed by atoms with Crippen molar-refractivity contribution in [2.45, 2.75) is 12.5 Å². The molecule has 19 heavy (non-hydrogen) atoms. The topological polar surface area (TPSA) is 112 Å². The second kappa shape index (κ2) is 6.69. The van der Waals surface area contributed by atoms with Gasteiger partial charge in [-0.15, -0.1) is 0 Å². The number of carbonyl (C=O) groups is 2. The van der Waals surface area contributed by atoms with Crippen molar-refractivity contribution in [3.05, 3.63) is 22.6 Å². The second-order valence-electron chi connectivity index (χ2n) is 4.21. The quantitative estimate of drug-likeness (QED) is 0.567. The number of hydrogen-bond acceptors (Lipinski definition) is 5. The summed E-state index contributed by atoms with van der Waals surface area (Å²) >= 11 is 3.06. The summed E-state index contributed by atoms with van der Waals surface area (Å²) in [6, 6.07) is 3.02. The first-order valence-electron chi connectivity index (χ1n) is 5.46. The van der Waals surface area contributed by atoms with E-state index in [1.54, 1.807) is 6.07 Å². The van der Waals surface area contributed by atoms with Gasteiger partial charge in [-0.2, -0.15) is 0 Å². The molecular weight excluding hydrogens is 320 g/mol. The third kappa shape index (κ3) is 4.66. The van der Waals surface area contributed by atoms with E-state index in [0.29, 0.717) is 4.67 Å². The minimum atomic E-state index is -1.12. The Labute approximate surface area is 118 Å². The Morgan fingerprint density at radius 1 is 1.37 bits per heavy atom. The van der Waals surface area contributed by atoms with Crippen LogP contribution in [0.3, 0.4) is 0 Å². The summed E-state index contributed by atoms with van der Waals surface area (Å²) < 4.78 is 5.43. The van der Waals surface area contributed by atoms with Crippen LogP contribution in [0.25, 0.3) is 0 Å². The van der Waals surface area contributed by atoms with Gasteiger partial charge >= 0.3 is 0 Å². The molecule has 0 aliphatic heterocycles. The molecule has 0 bridgehead atoms. The van der Waals surface area contributed by atoms with Crippen LogP contribution in [0, 0.1) is 0 Å². The van der Waals surface area contributed by atoms with Gasteiger partial charge in [0.05, 0.1) is 25.3 Å². The minimum Gasteiger partial charge on any atom is -0.444 e. The predicted octanol–water partition coefficient (Wildman–Crippen LogP) is -0.369. The molecule has 0 aromatic carbocycles. The summed E-state index contributed by atoms with van der Waals surface area (Å²) in [4.78, 5) is 23.1. The maximum Gasteiger partial charge on any atom is 0.287 e. The van der Waals surface area contributed by atoms with Gasteiger partial charge in [-0.3, -0.25) is 9.59 Å². The van der Waals surface area contributed by atoms with Crippen molar-refractivity contribution in [1.82, 2.24) is 10.6 Å². The average Bonchev–Trinajstić information content (AvgIpc) is 2.82. The number of aliphatic hydroxyl groups excluding tert-OH is 2. The van der Waals surface area contributed by atoms with Gasteiger partial charge in [-0.25, -0.2) is 0 Å². The van der Waals surface area contributed by atoms with Crippen molar-refractivity contribution in [2.24, 2.45) is 0 Å². The van der Waals surface area contributed by atoms with Crippen LogP contribution in [0.1, 0.15) is 17.5 Å². The van der Waals surface area contributed by atoms with Crippen molar-refractivity contribution >= 4 is 27.7 Å². The van der Waals surface area contributed by atoms with Gasteiger partial charge in [0.1, 0.15) is 0 Å². The van der Waals surface area contributed by atoms with E-state index < -0.39 is 30.6 Å². The molecule has 8 heteroatoms. The van der Waals surface area contributed by atoms with E-state index in [1.165, 1.54) is 13.0 Å². The molecule has 0 aliphatic carbocycles. The normalized spacial score (nSPS) is 11.2. The number of amides is 2. The molecule has 0 atom stereocenters. The highest BCUT2D eigenvalue weighted by atomic mass is 79.9. The van der Waals surface area contributed by atoms with Crippen molar-refractivity contribution < 1.29 is 24.2 Å². The number of rotatable bonds is 6. The van der Waals surface area contributed by atoms with Gasteiger partial charge in [0, 0.05) is 0 Å². The molecule has 7 nitrogen and oxygen atoms in total. The lowest BCUT2D eigenvalue weighted by atomic mass is 10.1. The van der Waals surface area contributed by atoms with Crippen LogP contribution in [0.15, 0.2) is 21.2 Å². The summed E-state index contributed by atoms with van der Waals surface area (Å²) in [6.07, 6.45) is 0. The third-order valence-electron chi connectivity index (χ3n) is 2.35. The highest BCUT2D eigenvalue weighted by molar-refractivity contribution is 9.10. The van der Waals surface area contributed by atoms with Crippen LogP contribution in [0.5, 0.6) is 0 Å². The zero-order valence-electron chi connectivity index (χ0n) is 10.3. The molecule has 0 saturated carbocycles. The van der Waals surface area contributed by atoms with Crippen molar-refractivity contribution in [1.29, 1.82) is 0 Å². The van der Waals surface area contributed by atoms with Crippen LogP contribution in [-0.2, 0) is 4.79 Å². The fourth-order valence-electron chi connectivity index (χ4n) is 1.19. The first kappa shape index (κ1) is 15.7. The van der Waals surface area contributed by atoms with E-state index >= 15 is 0 Å². The Bertz CT molecular complexity index is 456. The molecule has 0 spiro atoms. The SMILES string of the molecule is CC(CO)(CO)NC(=O)CNC(=O)c1ccc(Br)o1. The molecule has 2 amide bonds. The van der Waals surface area contributed by atoms with Gasteiger partial charge < -0.3 is 25.3 Å². The lowest BCUT2D eigenvalue weighted by Crippen LogP contribution is -2.54. The summed E-state index contributed by atoms with van der Waals surface area (Å²) in [5.41, 5.74) is -1.12. The number of halogens is 1. The van der Waals surface area contributed by atoms with Crippen LogP contribution in [-0.4, -0.2) is 47.3 Å². The highest BCUT2D eigenvalue weighted by Crippen LogP contribution is 2.13. The Morgan fingerprint density at radius 2 is 2.00 bits per heavy atom. The molecule has 0 saturated heterocycles. The molecule has 1 heterocycles. The molecule has 1 aromatic rings. The van der Waals surface area contributed by atoms with Gasteiger partial charge in [0.25, 0.3) is 5.91 Å². The van der Waals surface area contributed by atoms with Gasteiger partial charge in [0.15, 0.2) is 10.4 Å².